The third kappa shape index (κ3) is 1.73. The number of hydrogen-bond acceptors (Lipinski definition) is 9. The Labute approximate surface area is 122 Å². The molecule has 1 unspecified atom stereocenters. The molecule has 118 valence electrons. The average Bonchev–Trinajstić information content (AvgIpc) is 2.46. The fourth-order valence-corrected chi connectivity index (χ4v) is 2.14. The number of fused-ring (bicyclic) bond motifs is 1. The van der Waals surface area contributed by atoms with Crippen LogP contribution in [0.4, 0.5) is 0 Å². The predicted molar refractivity (Wildman–Crippen MR) is 67.9 cm³/mol. The van der Waals surface area contributed by atoms with Crippen molar-refractivity contribution in [1.29, 1.82) is 5.26 Å². The van der Waals surface area contributed by atoms with Gasteiger partial charge in [0.15, 0.2) is 6.07 Å². The first-order valence-corrected chi connectivity index (χ1v) is 5.55. The zero-order chi connectivity index (χ0) is 17.6. The first kappa shape index (κ1) is 15.5. The lowest BCUT2D eigenvalue weighted by molar-refractivity contribution is -0.818. The highest BCUT2D eigenvalue weighted by molar-refractivity contribution is 5.55. The van der Waals surface area contributed by atoms with Crippen molar-refractivity contribution < 1.29 is 14.8 Å². The van der Waals surface area contributed by atoms with Crippen LogP contribution in [-0.4, -0.2) is 35.9 Å². The minimum atomic E-state index is -3.70. The van der Waals surface area contributed by atoms with Gasteiger partial charge in [-0.05, 0) is 0 Å². The lowest BCUT2D eigenvalue weighted by Crippen LogP contribution is -2.69. The molecular formula is C9H4N6O8. The number of rotatable bonds is 3. The summed E-state index contributed by atoms with van der Waals surface area (Å²) in [6.07, 6.45) is 0.428. The van der Waals surface area contributed by atoms with Gasteiger partial charge in [-0.15, -0.1) is 0 Å². The summed E-state index contributed by atoms with van der Waals surface area (Å²) in [5.41, 5.74) is -9.66. The van der Waals surface area contributed by atoms with Crippen molar-refractivity contribution in [2.75, 3.05) is 0 Å². The molecule has 0 radical (unpaired) electrons. The van der Waals surface area contributed by atoms with E-state index in [1.807, 2.05) is 9.97 Å². The van der Waals surface area contributed by atoms with Crippen LogP contribution >= 0.6 is 0 Å². The molecule has 0 aromatic carbocycles. The number of H-pyrrole nitrogens is 2. The van der Waals surface area contributed by atoms with Crippen LogP contribution in [0.15, 0.2) is 9.59 Å². The molecule has 1 aromatic rings. The topological polar surface area (TPSA) is 219 Å². The molecule has 0 spiro atoms. The number of aromatic amines is 2. The molecule has 0 amide bonds. The lowest BCUT2D eigenvalue weighted by atomic mass is 9.82. The van der Waals surface area contributed by atoms with Crippen LogP contribution in [0.2, 0.25) is 0 Å². The Hall–Kier alpha value is -3.89. The molecule has 14 heteroatoms. The van der Waals surface area contributed by atoms with Crippen molar-refractivity contribution in [1.82, 2.24) is 9.97 Å². The van der Waals surface area contributed by atoms with Crippen molar-refractivity contribution in [2.24, 2.45) is 0 Å². The maximum Gasteiger partial charge on any atom is 0.565 e. The molecule has 1 aliphatic rings. The minimum Gasteiger partial charge on any atom is -0.316 e. The highest BCUT2D eigenvalue weighted by atomic mass is 16.7. The molecular weight excluding hydrogens is 320 g/mol. The molecule has 0 bridgehead atoms. The molecule has 1 aromatic heterocycles. The molecule has 2 rings (SSSR count). The van der Waals surface area contributed by atoms with E-state index in [0.717, 1.165) is 6.07 Å². The van der Waals surface area contributed by atoms with E-state index in [-0.39, 0.29) is 12.2 Å². The van der Waals surface area contributed by atoms with E-state index in [9.17, 15) is 39.9 Å². The van der Waals surface area contributed by atoms with Gasteiger partial charge in [0.25, 0.3) is 0 Å². The smallest absolute Gasteiger partial charge is 0.316 e. The van der Waals surface area contributed by atoms with E-state index < -0.39 is 47.8 Å². The van der Waals surface area contributed by atoms with Crippen molar-refractivity contribution >= 4 is 12.2 Å². The molecule has 0 saturated carbocycles. The molecule has 23 heavy (non-hydrogen) atoms. The molecule has 1 heterocycles. The molecule has 0 aliphatic heterocycles. The standard InChI is InChI=1S/C9H4N6O8/c10-3-8(13(18)19)1-4-5(12-7(17)6(16)11-4)2-9(8,14(20)21)15(22)23/h1-2H,(H,11,16)(H,12,17). The average molecular weight is 324 g/mol. The summed E-state index contributed by atoms with van der Waals surface area (Å²) < 4.78 is 0. The van der Waals surface area contributed by atoms with E-state index >= 15 is 0 Å². The summed E-state index contributed by atoms with van der Waals surface area (Å²) in [6, 6.07) is 0.962. The molecule has 0 saturated heterocycles. The second-order valence-electron chi connectivity index (χ2n) is 4.40. The number of nitriles is 1. The quantitative estimate of drug-likeness (QED) is 0.242. The summed E-state index contributed by atoms with van der Waals surface area (Å²) in [4.78, 5) is 55.2. The van der Waals surface area contributed by atoms with E-state index in [1.54, 1.807) is 0 Å². The van der Waals surface area contributed by atoms with E-state index in [4.69, 9.17) is 5.26 Å². The second kappa shape index (κ2) is 4.56. The van der Waals surface area contributed by atoms with Gasteiger partial charge in [0.2, 0.25) is 0 Å². The van der Waals surface area contributed by atoms with Crippen LogP contribution in [0, 0.1) is 41.7 Å². The fraction of sp³-hybridized carbons (Fsp3) is 0.222. The van der Waals surface area contributed by atoms with Gasteiger partial charge in [-0.25, -0.2) is 0 Å². The van der Waals surface area contributed by atoms with Gasteiger partial charge in [-0.1, -0.05) is 0 Å². The molecule has 2 N–H and O–H groups in total. The Balaban J connectivity index is 3.18. The van der Waals surface area contributed by atoms with Crippen molar-refractivity contribution in [3.8, 4) is 6.07 Å². The van der Waals surface area contributed by atoms with Gasteiger partial charge in [-0.2, -0.15) is 5.26 Å². The van der Waals surface area contributed by atoms with Crippen molar-refractivity contribution in [2.45, 2.75) is 11.2 Å². The number of aromatic nitrogens is 2. The Bertz CT molecular complexity index is 1010. The SMILES string of the molecule is N#CC1([N+](=O)[O-])C=c2[nH]c(=O)c(=O)[nH]c2=CC1([N+](=O)[O-])[N+](=O)[O-]. The summed E-state index contributed by atoms with van der Waals surface area (Å²) in [6.45, 7) is 0. The Morgan fingerprint density at radius 1 is 0.913 bits per heavy atom. The molecule has 1 atom stereocenters. The largest absolute Gasteiger partial charge is 0.565 e. The predicted octanol–water partition coefficient (Wildman–Crippen LogP) is -3.57. The number of nitrogens with zero attached hydrogens (tertiary/aromatic N) is 4. The van der Waals surface area contributed by atoms with E-state index in [1.165, 1.54) is 0 Å². The Morgan fingerprint density at radius 3 is 1.70 bits per heavy atom. The van der Waals surface area contributed by atoms with Gasteiger partial charge in [-0.3, -0.25) is 39.9 Å². The normalized spacial score (nSPS) is 21.0. The first-order chi connectivity index (χ1) is 10.6. The van der Waals surface area contributed by atoms with Crippen LogP contribution in [0.3, 0.4) is 0 Å². The summed E-state index contributed by atoms with van der Waals surface area (Å²) in [7, 11) is 0. The van der Waals surface area contributed by atoms with E-state index in [0.29, 0.717) is 0 Å². The maximum atomic E-state index is 11.3. The third-order valence-electron chi connectivity index (χ3n) is 3.27. The van der Waals surface area contributed by atoms with Crippen LogP contribution in [0.5, 0.6) is 0 Å². The highest BCUT2D eigenvalue weighted by Crippen LogP contribution is 2.33. The Morgan fingerprint density at radius 2 is 1.35 bits per heavy atom. The van der Waals surface area contributed by atoms with Crippen molar-refractivity contribution in [3.63, 3.8) is 0 Å². The number of hydrogen-bond donors (Lipinski definition) is 2. The second-order valence-corrected chi connectivity index (χ2v) is 4.40. The van der Waals surface area contributed by atoms with E-state index in [2.05, 4.69) is 0 Å². The number of nitrogens with one attached hydrogen (secondary N) is 2. The fourth-order valence-electron chi connectivity index (χ4n) is 2.14. The monoisotopic (exact) mass is 324 g/mol. The van der Waals surface area contributed by atoms with Crippen molar-refractivity contribution in [3.05, 3.63) is 61.7 Å². The zero-order valence-corrected chi connectivity index (χ0v) is 10.7. The molecule has 1 aliphatic carbocycles. The zero-order valence-electron chi connectivity index (χ0n) is 10.7. The summed E-state index contributed by atoms with van der Waals surface area (Å²) in [5, 5.41) is 41.7. The van der Waals surface area contributed by atoms with Gasteiger partial charge in [0.1, 0.15) is 15.9 Å². The van der Waals surface area contributed by atoms with Gasteiger partial charge in [0, 0.05) is 6.08 Å². The van der Waals surface area contributed by atoms with Crippen LogP contribution in [-0.2, 0) is 0 Å². The summed E-state index contributed by atoms with van der Waals surface area (Å²) >= 11 is 0. The Kier molecular flexibility index (Phi) is 3.07. The molecule has 0 fully saturated rings. The van der Waals surface area contributed by atoms with Gasteiger partial charge >= 0.3 is 22.3 Å². The maximum absolute atomic E-state index is 11.3. The summed E-state index contributed by atoms with van der Waals surface area (Å²) in [5.74, 6) is 0. The third-order valence-corrected chi connectivity index (χ3v) is 3.27. The van der Waals surface area contributed by atoms with Crippen LogP contribution in [0.25, 0.3) is 12.2 Å². The van der Waals surface area contributed by atoms with Gasteiger partial charge in [0.05, 0.1) is 15.6 Å². The highest BCUT2D eigenvalue weighted by Gasteiger charge is 2.81. The van der Waals surface area contributed by atoms with Gasteiger partial charge < -0.3 is 9.97 Å². The number of nitro groups is 3. The van der Waals surface area contributed by atoms with Crippen LogP contribution < -0.4 is 21.8 Å². The lowest BCUT2D eigenvalue weighted by Gasteiger charge is -2.22. The molecule has 14 nitrogen and oxygen atoms in total. The minimum absolute atomic E-state index is 0.158. The first-order valence-electron chi connectivity index (χ1n) is 5.55. The van der Waals surface area contributed by atoms with Crippen LogP contribution in [0.1, 0.15) is 0 Å².